The molecule has 0 fully saturated rings. The first-order valence-electron chi connectivity index (χ1n) is 7.43. The normalized spacial score (nSPS) is 14.1. The predicted molar refractivity (Wildman–Crippen MR) is 88.8 cm³/mol. The summed E-state index contributed by atoms with van der Waals surface area (Å²) in [6, 6.07) is 10.4. The largest absolute Gasteiger partial charge is 0.393 e. The van der Waals surface area contributed by atoms with Gasteiger partial charge in [0.15, 0.2) is 0 Å². The van der Waals surface area contributed by atoms with E-state index >= 15 is 0 Å². The van der Waals surface area contributed by atoms with Crippen LogP contribution in [-0.2, 0) is 6.54 Å². The Balaban J connectivity index is 1.95. The standard InChI is InChI=1S/C17H24N2OS/c1-12(20)9-16(15-7-5-4-6-8-15)10-18-11-17-13(2)19-14(3)21-17/h4-8,12,16,18,20H,9-11H2,1-3H3. The lowest BCUT2D eigenvalue weighted by atomic mass is 9.93. The third kappa shape index (κ3) is 4.92. The molecule has 2 rings (SSSR count). The van der Waals surface area contributed by atoms with E-state index in [1.54, 1.807) is 11.3 Å². The molecule has 0 spiro atoms. The predicted octanol–water partition coefficient (Wildman–Crippen LogP) is 3.40. The number of aromatic nitrogens is 1. The Labute approximate surface area is 131 Å². The van der Waals surface area contributed by atoms with Crippen molar-refractivity contribution in [2.24, 2.45) is 0 Å². The molecule has 1 aromatic carbocycles. The minimum atomic E-state index is -0.288. The molecule has 0 aliphatic rings. The number of benzene rings is 1. The fourth-order valence-corrected chi connectivity index (χ4v) is 3.48. The number of thiazole rings is 1. The lowest BCUT2D eigenvalue weighted by Crippen LogP contribution is -2.23. The average Bonchev–Trinajstić information content (AvgIpc) is 2.76. The summed E-state index contributed by atoms with van der Waals surface area (Å²) in [5.74, 6) is 0.334. The highest BCUT2D eigenvalue weighted by atomic mass is 32.1. The molecule has 0 bridgehead atoms. The Morgan fingerprint density at radius 1 is 1.24 bits per heavy atom. The first-order valence-corrected chi connectivity index (χ1v) is 8.24. The second-order valence-electron chi connectivity index (χ2n) is 5.56. The van der Waals surface area contributed by atoms with Gasteiger partial charge in [-0.25, -0.2) is 4.98 Å². The van der Waals surface area contributed by atoms with Crippen LogP contribution in [0.3, 0.4) is 0 Å². The Bertz CT molecular complexity index is 551. The van der Waals surface area contributed by atoms with Crippen LogP contribution in [0.2, 0.25) is 0 Å². The number of aryl methyl sites for hydroxylation is 2. The van der Waals surface area contributed by atoms with E-state index in [9.17, 15) is 5.11 Å². The molecule has 0 amide bonds. The van der Waals surface area contributed by atoms with Crippen LogP contribution in [0.1, 0.15) is 40.4 Å². The van der Waals surface area contributed by atoms with Crippen LogP contribution < -0.4 is 5.32 Å². The van der Waals surface area contributed by atoms with Gasteiger partial charge in [-0.05, 0) is 38.7 Å². The summed E-state index contributed by atoms with van der Waals surface area (Å²) < 4.78 is 0. The molecule has 3 nitrogen and oxygen atoms in total. The maximum Gasteiger partial charge on any atom is 0.0900 e. The van der Waals surface area contributed by atoms with Crippen molar-refractivity contribution < 1.29 is 5.11 Å². The summed E-state index contributed by atoms with van der Waals surface area (Å²) in [6.07, 6.45) is 0.488. The van der Waals surface area contributed by atoms with Crippen molar-refractivity contribution >= 4 is 11.3 Å². The van der Waals surface area contributed by atoms with Gasteiger partial charge in [0.05, 0.1) is 16.8 Å². The molecule has 0 aliphatic heterocycles. The second kappa shape index (κ2) is 7.69. The fraction of sp³-hybridized carbons (Fsp3) is 0.471. The topological polar surface area (TPSA) is 45.2 Å². The van der Waals surface area contributed by atoms with Crippen molar-refractivity contribution in [2.45, 2.75) is 45.8 Å². The quantitative estimate of drug-likeness (QED) is 0.824. The molecular formula is C17H24N2OS. The summed E-state index contributed by atoms with van der Waals surface area (Å²) in [6.45, 7) is 7.67. The van der Waals surface area contributed by atoms with Crippen molar-refractivity contribution in [3.8, 4) is 0 Å². The molecule has 0 saturated heterocycles. The van der Waals surface area contributed by atoms with Gasteiger partial charge in [-0.1, -0.05) is 30.3 Å². The lowest BCUT2D eigenvalue weighted by molar-refractivity contribution is 0.173. The minimum absolute atomic E-state index is 0.288. The van der Waals surface area contributed by atoms with Gasteiger partial charge in [-0.3, -0.25) is 0 Å². The maximum atomic E-state index is 9.71. The average molecular weight is 304 g/mol. The van der Waals surface area contributed by atoms with Gasteiger partial charge in [-0.2, -0.15) is 0 Å². The van der Waals surface area contributed by atoms with Crippen LogP contribution in [0.5, 0.6) is 0 Å². The number of nitrogens with one attached hydrogen (secondary N) is 1. The first kappa shape index (κ1) is 16.1. The summed E-state index contributed by atoms with van der Waals surface area (Å²) in [5.41, 5.74) is 2.40. The van der Waals surface area contributed by atoms with Gasteiger partial charge >= 0.3 is 0 Å². The third-order valence-electron chi connectivity index (χ3n) is 3.57. The van der Waals surface area contributed by atoms with E-state index in [2.05, 4.69) is 41.5 Å². The Hall–Kier alpha value is -1.23. The van der Waals surface area contributed by atoms with E-state index in [-0.39, 0.29) is 6.10 Å². The van der Waals surface area contributed by atoms with Crippen LogP contribution in [0.15, 0.2) is 30.3 Å². The molecule has 114 valence electrons. The first-order chi connectivity index (χ1) is 10.1. The van der Waals surface area contributed by atoms with Gasteiger partial charge in [0, 0.05) is 18.0 Å². The van der Waals surface area contributed by atoms with E-state index < -0.39 is 0 Å². The molecule has 4 heteroatoms. The van der Waals surface area contributed by atoms with Crippen molar-refractivity contribution in [2.75, 3.05) is 6.54 Å². The van der Waals surface area contributed by atoms with Crippen LogP contribution in [0, 0.1) is 13.8 Å². The fourth-order valence-electron chi connectivity index (χ4n) is 2.57. The number of hydrogen-bond acceptors (Lipinski definition) is 4. The number of aliphatic hydroxyl groups excluding tert-OH is 1. The zero-order chi connectivity index (χ0) is 15.2. The van der Waals surface area contributed by atoms with Crippen molar-refractivity contribution in [3.63, 3.8) is 0 Å². The summed E-state index contributed by atoms with van der Waals surface area (Å²) in [4.78, 5) is 5.76. The van der Waals surface area contributed by atoms with E-state index in [1.165, 1.54) is 10.4 Å². The SMILES string of the molecule is Cc1nc(C)c(CNCC(CC(C)O)c2ccccc2)s1. The molecule has 2 unspecified atom stereocenters. The molecule has 1 heterocycles. The van der Waals surface area contributed by atoms with Gasteiger partial charge in [0.25, 0.3) is 0 Å². The molecule has 0 aliphatic carbocycles. The van der Waals surface area contributed by atoms with Crippen LogP contribution in [0.25, 0.3) is 0 Å². The van der Waals surface area contributed by atoms with Gasteiger partial charge < -0.3 is 10.4 Å². The summed E-state index contributed by atoms with van der Waals surface area (Å²) in [5, 5.41) is 14.3. The van der Waals surface area contributed by atoms with E-state index in [1.807, 2.05) is 19.9 Å². The molecule has 0 radical (unpaired) electrons. The highest BCUT2D eigenvalue weighted by Gasteiger charge is 2.14. The number of aliphatic hydroxyl groups is 1. The highest BCUT2D eigenvalue weighted by molar-refractivity contribution is 7.11. The molecule has 0 saturated carbocycles. The van der Waals surface area contributed by atoms with Gasteiger partial charge in [-0.15, -0.1) is 11.3 Å². The van der Waals surface area contributed by atoms with E-state index in [4.69, 9.17) is 0 Å². The van der Waals surface area contributed by atoms with Crippen LogP contribution in [-0.4, -0.2) is 22.7 Å². The summed E-state index contributed by atoms with van der Waals surface area (Å²) in [7, 11) is 0. The Kier molecular flexibility index (Phi) is 5.91. The zero-order valence-electron chi connectivity index (χ0n) is 13.0. The Morgan fingerprint density at radius 2 is 1.95 bits per heavy atom. The smallest absolute Gasteiger partial charge is 0.0900 e. The molecule has 21 heavy (non-hydrogen) atoms. The van der Waals surface area contributed by atoms with Crippen molar-refractivity contribution in [1.29, 1.82) is 0 Å². The molecule has 2 N–H and O–H groups in total. The number of hydrogen-bond donors (Lipinski definition) is 2. The molecule has 1 aromatic heterocycles. The van der Waals surface area contributed by atoms with Crippen molar-refractivity contribution in [1.82, 2.24) is 10.3 Å². The second-order valence-corrected chi connectivity index (χ2v) is 6.85. The molecule has 2 atom stereocenters. The monoisotopic (exact) mass is 304 g/mol. The number of nitrogens with zero attached hydrogens (tertiary/aromatic N) is 1. The zero-order valence-corrected chi connectivity index (χ0v) is 13.8. The Morgan fingerprint density at radius 3 is 2.52 bits per heavy atom. The van der Waals surface area contributed by atoms with E-state index in [0.717, 1.165) is 30.2 Å². The molecule has 2 aromatic rings. The van der Waals surface area contributed by atoms with Crippen LogP contribution in [0.4, 0.5) is 0 Å². The van der Waals surface area contributed by atoms with Gasteiger partial charge in [0.1, 0.15) is 0 Å². The molecular weight excluding hydrogens is 280 g/mol. The highest BCUT2D eigenvalue weighted by Crippen LogP contribution is 2.21. The maximum absolute atomic E-state index is 9.71. The minimum Gasteiger partial charge on any atom is -0.393 e. The van der Waals surface area contributed by atoms with Gasteiger partial charge in [0.2, 0.25) is 0 Å². The lowest BCUT2D eigenvalue weighted by Gasteiger charge is -2.19. The van der Waals surface area contributed by atoms with E-state index in [0.29, 0.717) is 5.92 Å². The third-order valence-corrected chi connectivity index (χ3v) is 4.65. The number of rotatable bonds is 7. The van der Waals surface area contributed by atoms with Crippen LogP contribution >= 0.6 is 11.3 Å². The summed E-state index contributed by atoms with van der Waals surface area (Å²) >= 11 is 1.75. The van der Waals surface area contributed by atoms with Crippen molar-refractivity contribution in [3.05, 3.63) is 51.5 Å².